The van der Waals surface area contributed by atoms with Gasteiger partial charge in [0.05, 0.1) is 17.6 Å². The first-order valence-corrected chi connectivity index (χ1v) is 9.55. The van der Waals surface area contributed by atoms with Crippen molar-refractivity contribution in [3.05, 3.63) is 47.8 Å². The van der Waals surface area contributed by atoms with Gasteiger partial charge in [0.2, 0.25) is 0 Å². The number of anilines is 1. The normalized spacial score (nSPS) is 16.3. The third-order valence-electron chi connectivity index (χ3n) is 4.88. The number of halogens is 5. The number of pyridine rings is 1. The molecule has 0 bridgehead atoms. The Hall–Kier alpha value is -3.41. The van der Waals surface area contributed by atoms with E-state index in [1.807, 2.05) is 0 Å². The molecule has 12 heteroatoms. The summed E-state index contributed by atoms with van der Waals surface area (Å²) in [7, 11) is 0. The predicted molar refractivity (Wildman–Crippen MR) is 103 cm³/mol. The average molecular weight is 456 g/mol. The molecule has 3 heterocycles. The van der Waals surface area contributed by atoms with Crippen molar-refractivity contribution >= 4 is 22.8 Å². The van der Waals surface area contributed by atoms with Gasteiger partial charge in [-0.15, -0.1) is 0 Å². The minimum atomic E-state index is -4.73. The van der Waals surface area contributed by atoms with E-state index in [1.165, 1.54) is 0 Å². The van der Waals surface area contributed by atoms with Gasteiger partial charge in [0.25, 0.3) is 0 Å². The smallest absolute Gasteiger partial charge is 0.418 e. The van der Waals surface area contributed by atoms with E-state index in [0.29, 0.717) is 26.0 Å². The lowest BCUT2D eigenvalue weighted by Crippen LogP contribution is -2.33. The van der Waals surface area contributed by atoms with Crippen molar-refractivity contribution in [2.24, 2.45) is 5.92 Å². The monoisotopic (exact) mass is 456 g/mol. The molecule has 2 amide bonds. The maximum Gasteiger partial charge on any atom is 0.418 e. The first-order chi connectivity index (χ1) is 15.2. The highest BCUT2D eigenvalue weighted by Gasteiger charge is 2.35. The zero-order chi connectivity index (χ0) is 22.9. The van der Waals surface area contributed by atoms with Gasteiger partial charge in [-0.05, 0) is 12.5 Å². The fourth-order valence-electron chi connectivity index (χ4n) is 3.33. The quantitative estimate of drug-likeness (QED) is 0.481. The number of nitrogens with zero attached hydrogens (tertiary/aromatic N) is 1. The number of H-pyrrole nitrogens is 1. The van der Waals surface area contributed by atoms with Gasteiger partial charge < -0.3 is 25.1 Å². The maximum absolute atomic E-state index is 14.5. The third kappa shape index (κ3) is 4.59. The lowest BCUT2D eigenvalue weighted by atomic mass is 10.1. The Labute approximate surface area is 177 Å². The van der Waals surface area contributed by atoms with E-state index in [1.54, 1.807) is 0 Å². The summed E-state index contributed by atoms with van der Waals surface area (Å²) in [5.41, 5.74) is -1.43. The number of fused-ring (bicyclic) bond motifs is 1. The van der Waals surface area contributed by atoms with Gasteiger partial charge in [0, 0.05) is 49.3 Å². The van der Waals surface area contributed by atoms with Crippen LogP contribution in [-0.4, -0.2) is 35.8 Å². The Bertz CT molecular complexity index is 1120. The summed E-state index contributed by atoms with van der Waals surface area (Å²) in [5, 5.41) is 4.42. The molecule has 0 radical (unpaired) electrons. The summed E-state index contributed by atoms with van der Waals surface area (Å²) in [4.78, 5) is 18.1. The van der Waals surface area contributed by atoms with Crippen LogP contribution in [-0.2, 0) is 10.9 Å². The molecule has 1 fully saturated rings. The van der Waals surface area contributed by atoms with Crippen LogP contribution in [0, 0.1) is 17.6 Å². The van der Waals surface area contributed by atoms with E-state index in [-0.39, 0.29) is 17.3 Å². The topological polar surface area (TPSA) is 88.3 Å². The molecule has 2 aromatic heterocycles. The Kier molecular flexibility index (Phi) is 5.87. The van der Waals surface area contributed by atoms with Crippen LogP contribution in [0.5, 0.6) is 11.5 Å². The first kappa shape index (κ1) is 21.8. The number of carbonyl (C=O) groups excluding carboxylic acids is 1. The Balaban J connectivity index is 1.53. The van der Waals surface area contributed by atoms with Crippen LogP contribution < -0.4 is 15.4 Å². The molecule has 32 heavy (non-hydrogen) atoms. The maximum atomic E-state index is 14.5. The lowest BCUT2D eigenvalue weighted by Gasteiger charge is -2.13. The first-order valence-electron chi connectivity index (χ1n) is 9.55. The summed E-state index contributed by atoms with van der Waals surface area (Å²) in [5.74, 6) is -3.60. The molecular weight excluding hydrogens is 439 g/mol. The van der Waals surface area contributed by atoms with Gasteiger partial charge in [-0.3, -0.25) is 0 Å². The second kappa shape index (κ2) is 8.61. The lowest BCUT2D eigenvalue weighted by molar-refractivity contribution is -0.136. The van der Waals surface area contributed by atoms with E-state index in [2.05, 4.69) is 20.6 Å². The number of aromatic amines is 1. The number of hydrogen-bond donors (Lipinski definition) is 3. The van der Waals surface area contributed by atoms with Crippen LogP contribution in [0.2, 0.25) is 0 Å². The van der Waals surface area contributed by atoms with Crippen LogP contribution in [0.4, 0.5) is 32.4 Å². The van der Waals surface area contributed by atoms with Crippen molar-refractivity contribution in [3.63, 3.8) is 0 Å². The number of rotatable bonds is 5. The van der Waals surface area contributed by atoms with Crippen molar-refractivity contribution in [3.8, 4) is 11.5 Å². The number of aromatic nitrogens is 2. The number of urea groups is 1. The van der Waals surface area contributed by atoms with E-state index >= 15 is 0 Å². The van der Waals surface area contributed by atoms with Crippen LogP contribution >= 0.6 is 0 Å². The molecule has 7 nitrogen and oxygen atoms in total. The Morgan fingerprint density at radius 3 is 2.69 bits per heavy atom. The number of amides is 2. The summed E-state index contributed by atoms with van der Waals surface area (Å²) in [6, 6.07) is 2.01. The SMILES string of the molecule is O=C(NCC1CCOC1)Nc1cc(F)c(Oc2ccnc3[nH]cc(C(F)(F)F)c23)c(F)c1. The van der Waals surface area contributed by atoms with Crippen LogP contribution in [0.25, 0.3) is 11.0 Å². The molecule has 0 aliphatic carbocycles. The van der Waals surface area contributed by atoms with Crippen molar-refractivity contribution in [1.82, 2.24) is 15.3 Å². The Morgan fingerprint density at radius 1 is 1.28 bits per heavy atom. The summed E-state index contributed by atoms with van der Waals surface area (Å²) < 4.78 is 79.2. The fraction of sp³-hybridized carbons (Fsp3) is 0.300. The number of ether oxygens (including phenoxy) is 2. The van der Waals surface area contributed by atoms with Gasteiger partial charge in [-0.25, -0.2) is 18.6 Å². The molecule has 0 saturated carbocycles. The fourth-order valence-corrected chi connectivity index (χ4v) is 3.33. The number of carbonyl (C=O) groups is 1. The molecule has 1 aliphatic rings. The van der Waals surface area contributed by atoms with Gasteiger partial charge in [0.1, 0.15) is 11.4 Å². The van der Waals surface area contributed by atoms with E-state index in [0.717, 1.165) is 30.8 Å². The average Bonchev–Trinajstić information content (AvgIpc) is 3.39. The predicted octanol–water partition coefficient (Wildman–Crippen LogP) is 4.81. The molecule has 0 spiro atoms. The third-order valence-corrected chi connectivity index (χ3v) is 4.88. The highest BCUT2D eigenvalue weighted by atomic mass is 19.4. The molecule has 1 saturated heterocycles. The number of alkyl halides is 3. The largest absolute Gasteiger partial charge is 0.450 e. The molecule has 4 rings (SSSR count). The van der Waals surface area contributed by atoms with Crippen molar-refractivity contribution < 1.29 is 36.2 Å². The molecule has 1 atom stereocenters. The second-order valence-electron chi connectivity index (χ2n) is 7.17. The molecular formula is C20H17F5N4O3. The number of hydrogen-bond acceptors (Lipinski definition) is 4. The molecule has 3 N–H and O–H groups in total. The molecule has 3 aromatic rings. The van der Waals surface area contributed by atoms with Gasteiger partial charge in [0.15, 0.2) is 17.4 Å². The van der Waals surface area contributed by atoms with Crippen LogP contribution in [0.1, 0.15) is 12.0 Å². The van der Waals surface area contributed by atoms with Crippen LogP contribution in [0.3, 0.4) is 0 Å². The number of benzene rings is 1. The molecule has 1 aromatic carbocycles. The molecule has 1 aliphatic heterocycles. The van der Waals surface area contributed by atoms with Gasteiger partial charge in [-0.1, -0.05) is 0 Å². The van der Waals surface area contributed by atoms with Crippen molar-refractivity contribution in [2.45, 2.75) is 12.6 Å². The van der Waals surface area contributed by atoms with E-state index in [9.17, 15) is 26.7 Å². The molecule has 170 valence electrons. The Morgan fingerprint density at radius 2 is 2.03 bits per heavy atom. The summed E-state index contributed by atoms with van der Waals surface area (Å²) in [6.45, 7) is 1.48. The second-order valence-corrected chi connectivity index (χ2v) is 7.17. The summed E-state index contributed by atoms with van der Waals surface area (Å²) in [6.07, 6.45) is -2.10. The van der Waals surface area contributed by atoms with Gasteiger partial charge >= 0.3 is 12.2 Å². The zero-order valence-corrected chi connectivity index (χ0v) is 16.4. The van der Waals surface area contributed by atoms with E-state index in [4.69, 9.17) is 9.47 Å². The highest BCUT2D eigenvalue weighted by Crippen LogP contribution is 2.40. The van der Waals surface area contributed by atoms with Crippen LogP contribution in [0.15, 0.2) is 30.6 Å². The number of nitrogens with one attached hydrogen (secondary N) is 3. The van der Waals surface area contributed by atoms with E-state index < -0.39 is 46.3 Å². The minimum absolute atomic E-state index is 0.154. The highest BCUT2D eigenvalue weighted by molar-refractivity contribution is 5.89. The van der Waals surface area contributed by atoms with Gasteiger partial charge in [-0.2, -0.15) is 13.2 Å². The minimum Gasteiger partial charge on any atom is -0.450 e. The zero-order valence-electron chi connectivity index (χ0n) is 16.4. The standard InChI is InChI=1S/C20H17F5N4O3/c21-13-5-11(29-19(30)28-7-10-2-4-31-9-10)6-14(22)17(13)32-15-1-3-26-18-16(15)12(8-27-18)20(23,24)25/h1,3,5-6,8,10H,2,4,7,9H2,(H,26,27)(H2,28,29,30). The van der Waals surface area contributed by atoms with Crippen molar-refractivity contribution in [2.75, 3.05) is 25.1 Å². The summed E-state index contributed by atoms with van der Waals surface area (Å²) >= 11 is 0. The van der Waals surface area contributed by atoms with Crippen molar-refractivity contribution in [1.29, 1.82) is 0 Å². The molecule has 1 unspecified atom stereocenters.